The number of hydrogen-bond acceptors (Lipinski definition) is 5. The molecule has 2 atom stereocenters. The molecule has 3 aliphatic rings. The summed E-state index contributed by atoms with van der Waals surface area (Å²) in [6, 6.07) is 0. The predicted octanol–water partition coefficient (Wildman–Crippen LogP) is 5.97. The minimum atomic E-state index is -4.53. The number of carbonyl (C=O) groups is 1. The monoisotopic (exact) mass is 420 g/mol. The first kappa shape index (κ1) is 22.0. The van der Waals surface area contributed by atoms with Crippen LogP contribution in [-0.4, -0.2) is 28.6 Å². The van der Waals surface area contributed by atoms with Gasteiger partial charge in [-0.2, -0.15) is 13.2 Å². The van der Waals surface area contributed by atoms with Crippen LogP contribution >= 0.6 is 11.9 Å². The molecule has 3 aliphatic carbocycles. The molecule has 28 heavy (non-hydrogen) atoms. The van der Waals surface area contributed by atoms with E-state index in [0.717, 1.165) is 57.8 Å². The van der Waals surface area contributed by atoms with Crippen molar-refractivity contribution in [3.8, 4) is 0 Å². The topological polar surface area (TPSA) is 52.6 Å². The second-order valence-corrected chi connectivity index (χ2v) is 9.80. The van der Waals surface area contributed by atoms with Crippen LogP contribution < -0.4 is 0 Å². The summed E-state index contributed by atoms with van der Waals surface area (Å²) in [6.07, 6.45) is 10.4. The zero-order valence-electron chi connectivity index (χ0n) is 16.3. The van der Waals surface area contributed by atoms with Crippen LogP contribution in [0, 0.1) is 22.5 Å². The molecule has 0 aromatic rings. The lowest BCUT2D eigenvalue weighted by molar-refractivity contribution is -0.166. The molecule has 0 aromatic heterocycles. The highest BCUT2D eigenvalue weighted by Gasteiger charge is 2.46. The van der Waals surface area contributed by atoms with E-state index >= 15 is 0 Å². The smallest absolute Gasteiger partial charge is 0.455 e. The Balaban J connectivity index is 1.42. The number of hydroxylamine groups is 1. The molecule has 0 heterocycles. The van der Waals surface area contributed by atoms with E-state index in [2.05, 4.69) is 13.0 Å². The van der Waals surface area contributed by atoms with Crippen LogP contribution in [0.1, 0.15) is 71.1 Å². The highest BCUT2D eigenvalue weighted by molar-refractivity contribution is 7.97. The van der Waals surface area contributed by atoms with Crippen LogP contribution in [0.15, 0.2) is 11.6 Å². The average molecular weight is 421 g/mol. The van der Waals surface area contributed by atoms with E-state index in [1.54, 1.807) is 0 Å². The van der Waals surface area contributed by atoms with Gasteiger partial charge >= 0.3 is 11.5 Å². The predicted molar refractivity (Wildman–Crippen MR) is 103 cm³/mol. The maximum atomic E-state index is 13.0. The van der Waals surface area contributed by atoms with Crippen LogP contribution in [0.3, 0.4) is 0 Å². The Kier molecular flexibility index (Phi) is 7.03. The summed E-state index contributed by atoms with van der Waals surface area (Å²) in [5, 5.41) is 11.3. The van der Waals surface area contributed by atoms with E-state index in [4.69, 9.17) is 4.74 Å². The number of rotatable bonds is 6. The first-order valence-corrected chi connectivity index (χ1v) is 11.0. The molecule has 2 saturated carbocycles. The van der Waals surface area contributed by atoms with Crippen molar-refractivity contribution in [3.05, 3.63) is 16.9 Å². The van der Waals surface area contributed by atoms with Crippen molar-refractivity contribution >= 4 is 17.9 Å². The number of alkyl halides is 3. The highest BCUT2D eigenvalue weighted by Crippen LogP contribution is 2.49. The molecule has 0 aromatic carbocycles. The van der Waals surface area contributed by atoms with Gasteiger partial charge in [0.15, 0.2) is 0 Å². The van der Waals surface area contributed by atoms with Gasteiger partial charge in [0.25, 0.3) is 0 Å². The Hall–Kier alpha value is -0.730. The fourth-order valence-corrected chi connectivity index (χ4v) is 5.61. The van der Waals surface area contributed by atoms with Gasteiger partial charge in [0.1, 0.15) is 6.10 Å². The number of halogens is 3. The number of hydrogen-bond donors (Lipinski definition) is 0. The lowest BCUT2D eigenvalue weighted by Gasteiger charge is -2.42. The zero-order chi connectivity index (χ0) is 20.4. The summed E-state index contributed by atoms with van der Waals surface area (Å²) in [5.41, 5.74) is -3.49. The molecule has 4 nitrogen and oxygen atoms in total. The van der Waals surface area contributed by atoms with Gasteiger partial charge in [0, 0.05) is 11.9 Å². The second kappa shape index (κ2) is 8.96. The molecule has 2 fully saturated rings. The maximum Gasteiger partial charge on any atom is 0.455 e. The van der Waals surface area contributed by atoms with Crippen molar-refractivity contribution < 1.29 is 22.7 Å². The van der Waals surface area contributed by atoms with Gasteiger partial charge in [-0.1, -0.05) is 18.6 Å². The number of ether oxygens (including phenoxy) is 1. The summed E-state index contributed by atoms with van der Waals surface area (Å²) < 4.78 is 42.5. The van der Waals surface area contributed by atoms with Crippen LogP contribution in [0.4, 0.5) is 13.2 Å². The molecular weight excluding hydrogens is 391 g/mol. The number of allylic oxidation sites excluding steroid dienone is 2. The molecule has 0 aliphatic heterocycles. The second-order valence-electron chi connectivity index (χ2n) is 8.75. The molecule has 0 amide bonds. The van der Waals surface area contributed by atoms with E-state index in [9.17, 15) is 23.2 Å². The molecule has 3 rings (SSSR count). The Morgan fingerprint density at radius 2 is 2.07 bits per heavy atom. The van der Waals surface area contributed by atoms with E-state index < -0.39 is 17.5 Å². The third-order valence-electron chi connectivity index (χ3n) is 6.38. The minimum Gasteiger partial charge on any atom is -0.775 e. The average Bonchev–Trinajstić information content (AvgIpc) is 2.59. The Bertz CT molecular complexity index is 590. The summed E-state index contributed by atoms with van der Waals surface area (Å²) in [4.78, 5) is 13.0. The van der Waals surface area contributed by atoms with Gasteiger partial charge < -0.3 is 14.4 Å². The summed E-state index contributed by atoms with van der Waals surface area (Å²) in [5.74, 6) is 0.578. The third kappa shape index (κ3) is 5.89. The molecule has 0 radical (unpaired) electrons. The van der Waals surface area contributed by atoms with Gasteiger partial charge in [-0.05, 0) is 82.6 Å². The number of esters is 1. The number of carbonyl (C=O) groups excluding carboxylic acids is 1. The van der Waals surface area contributed by atoms with Gasteiger partial charge in [-0.25, -0.2) is 0 Å². The molecule has 0 saturated heterocycles. The summed E-state index contributed by atoms with van der Waals surface area (Å²) >= 11 is -0.618. The zero-order valence-corrected chi connectivity index (χ0v) is 17.1. The normalized spacial score (nSPS) is 33.5. The molecular formula is C20H29F3NO3S-. The standard InChI is InChI=1S/C20H29F3NO3S/c1-14-11-16-3-2-9-19(12-14,13-16)18(25)27-17-6-4-15(5-7-17)8-10-24(26)28-20(21,22)23/h11,14-15,17H,2-10,12-13H2,1H3/q-1. The highest BCUT2D eigenvalue weighted by atomic mass is 32.2. The van der Waals surface area contributed by atoms with Crippen molar-refractivity contribution in [1.82, 2.24) is 4.47 Å². The van der Waals surface area contributed by atoms with Gasteiger partial charge in [0.2, 0.25) is 0 Å². The lowest BCUT2D eigenvalue weighted by atomic mass is 9.63. The van der Waals surface area contributed by atoms with Crippen molar-refractivity contribution in [3.63, 3.8) is 0 Å². The Morgan fingerprint density at radius 1 is 1.36 bits per heavy atom. The minimum absolute atomic E-state index is 0.0176. The molecule has 2 unspecified atom stereocenters. The summed E-state index contributed by atoms with van der Waals surface area (Å²) in [6.45, 7) is 2.03. The summed E-state index contributed by atoms with van der Waals surface area (Å²) in [7, 11) is 0. The molecule has 2 bridgehead atoms. The van der Waals surface area contributed by atoms with E-state index in [1.165, 1.54) is 5.57 Å². The first-order chi connectivity index (χ1) is 13.2. The van der Waals surface area contributed by atoms with E-state index in [0.29, 0.717) is 12.3 Å². The fraction of sp³-hybridized carbons (Fsp3) is 0.850. The first-order valence-electron chi connectivity index (χ1n) is 10.3. The van der Waals surface area contributed by atoms with Crippen molar-refractivity contribution in [2.45, 2.75) is 82.7 Å². The molecule has 0 spiro atoms. The van der Waals surface area contributed by atoms with E-state index in [-0.39, 0.29) is 34.4 Å². The van der Waals surface area contributed by atoms with Gasteiger partial charge in [-0.3, -0.25) is 4.79 Å². The fourth-order valence-electron chi connectivity index (χ4n) is 5.18. The molecule has 8 heteroatoms. The van der Waals surface area contributed by atoms with Crippen LogP contribution in [-0.2, 0) is 9.53 Å². The quantitative estimate of drug-likeness (QED) is 0.229. The molecule has 160 valence electrons. The van der Waals surface area contributed by atoms with Crippen LogP contribution in [0.25, 0.3) is 0 Å². The van der Waals surface area contributed by atoms with Gasteiger partial charge in [-0.15, -0.1) is 0 Å². The van der Waals surface area contributed by atoms with Crippen molar-refractivity contribution in [2.75, 3.05) is 6.54 Å². The van der Waals surface area contributed by atoms with Crippen LogP contribution in [0.2, 0.25) is 0 Å². The molecule has 0 N–H and O–H groups in total. The largest absolute Gasteiger partial charge is 0.775 e. The van der Waals surface area contributed by atoms with E-state index in [1.807, 2.05) is 0 Å². The third-order valence-corrected chi connectivity index (χ3v) is 6.97. The number of nitrogens with zero attached hydrogens (tertiary/aromatic N) is 1. The Morgan fingerprint density at radius 3 is 2.75 bits per heavy atom. The van der Waals surface area contributed by atoms with Gasteiger partial charge in [0.05, 0.1) is 5.41 Å². The Labute approximate surface area is 169 Å². The lowest BCUT2D eigenvalue weighted by Crippen LogP contribution is -2.41. The SMILES string of the molecule is CC1C=C2CCCC(C(=O)OC3CCC(CCN([O-])SC(F)(F)F)CC3)(C2)C1. The van der Waals surface area contributed by atoms with Crippen molar-refractivity contribution in [1.29, 1.82) is 0 Å². The number of fused-ring (bicyclic) bond motifs is 2. The van der Waals surface area contributed by atoms with Crippen molar-refractivity contribution in [2.24, 2.45) is 17.3 Å². The maximum absolute atomic E-state index is 13.0. The van der Waals surface area contributed by atoms with Crippen LogP contribution in [0.5, 0.6) is 0 Å².